The molecule has 0 spiro atoms. The number of rotatable bonds is 13. The van der Waals surface area contributed by atoms with E-state index >= 15 is 0 Å². The SMILES string of the molecule is CCOC(CC)(COC(C)N(Oc1ccccc1)Oc1ccccc1)Oc1ccccc1. The van der Waals surface area contributed by atoms with Gasteiger partial charge in [0.05, 0.1) is 5.23 Å². The molecule has 0 heterocycles. The summed E-state index contributed by atoms with van der Waals surface area (Å²) >= 11 is 0. The van der Waals surface area contributed by atoms with Gasteiger partial charge in [0.2, 0.25) is 5.79 Å². The van der Waals surface area contributed by atoms with E-state index < -0.39 is 12.0 Å². The van der Waals surface area contributed by atoms with Crippen LogP contribution in [0.2, 0.25) is 0 Å². The maximum atomic E-state index is 6.21. The van der Waals surface area contributed by atoms with Crippen LogP contribution in [0.1, 0.15) is 27.2 Å². The summed E-state index contributed by atoms with van der Waals surface area (Å²) in [6.07, 6.45) is 0.0304. The van der Waals surface area contributed by atoms with E-state index in [4.69, 9.17) is 23.9 Å². The molecule has 0 fully saturated rings. The molecule has 6 heteroatoms. The second kappa shape index (κ2) is 12.1. The van der Waals surface area contributed by atoms with Crippen molar-refractivity contribution in [3.05, 3.63) is 91.0 Å². The first-order chi connectivity index (χ1) is 15.6. The highest BCUT2D eigenvalue weighted by Gasteiger charge is 2.34. The molecule has 0 saturated carbocycles. The van der Waals surface area contributed by atoms with Gasteiger partial charge in [-0.05, 0) is 50.2 Å². The predicted molar refractivity (Wildman–Crippen MR) is 123 cm³/mol. The van der Waals surface area contributed by atoms with E-state index in [1.807, 2.05) is 112 Å². The molecular formula is C26H31NO5. The van der Waals surface area contributed by atoms with E-state index in [2.05, 4.69) is 0 Å². The minimum absolute atomic E-state index is 0.181. The Kier molecular flexibility index (Phi) is 8.92. The van der Waals surface area contributed by atoms with Crippen molar-refractivity contribution in [1.82, 2.24) is 5.23 Å². The van der Waals surface area contributed by atoms with Crippen LogP contribution in [-0.4, -0.2) is 30.5 Å². The van der Waals surface area contributed by atoms with Gasteiger partial charge in [0.15, 0.2) is 17.7 Å². The van der Waals surface area contributed by atoms with Crippen LogP contribution in [0, 0.1) is 0 Å². The Balaban J connectivity index is 1.72. The summed E-state index contributed by atoms with van der Waals surface area (Å²) in [6.45, 7) is 6.46. The fourth-order valence-corrected chi connectivity index (χ4v) is 2.99. The minimum atomic E-state index is -0.935. The molecule has 3 rings (SSSR count). The van der Waals surface area contributed by atoms with Gasteiger partial charge in [0.1, 0.15) is 12.4 Å². The molecule has 0 bridgehead atoms. The number of ether oxygens (including phenoxy) is 3. The lowest BCUT2D eigenvalue weighted by molar-refractivity contribution is -0.344. The molecule has 0 saturated heterocycles. The molecule has 0 aliphatic carbocycles. The van der Waals surface area contributed by atoms with E-state index in [-0.39, 0.29) is 6.61 Å². The quantitative estimate of drug-likeness (QED) is 0.247. The van der Waals surface area contributed by atoms with Crippen molar-refractivity contribution in [3.8, 4) is 17.2 Å². The number of hydrogen-bond donors (Lipinski definition) is 0. The van der Waals surface area contributed by atoms with Crippen LogP contribution in [0.4, 0.5) is 0 Å². The Morgan fingerprint density at radius 3 is 1.62 bits per heavy atom. The highest BCUT2D eigenvalue weighted by Crippen LogP contribution is 2.25. The average Bonchev–Trinajstić information content (AvgIpc) is 2.84. The Labute approximate surface area is 190 Å². The van der Waals surface area contributed by atoms with Crippen molar-refractivity contribution in [3.63, 3.8) is 0 Å². The lowest BCUT2D eigenvalue weighted by atomic mass is 10.2. The minimum Gasteiger partial charge on any atom is -0.460 e. The number of hydroxylamine groups is 2. The van der Waals surface area contributed by atoms with Gasteiger partial charge in [0.25, 0.3) is 0 Å². The molecular weight excluding hydrogens is 406 g/mol. The summed E-state index contributed by atoms with van der Waals surface area (Å²) in [6, 6.07) is 28.4. The molecule has 0 N–H and O–H groups in total. The van der Waals surface area contributed by atoms with Crippen LogP contribution < -0.4 is 14.4 Å². The van der Waals surface area contributed by atoms with Crippen LogP contribution >= 0.6 is 0 Å². The summed E-state index contributed by atoms with van der Waals surface area (Å²) in [7, 11) is 0. The lowest BCUT2D eigenvalue weighted by Crippen LogP contribution is -2.48. The van der Waals surface area contributed by atoms with Crippen LogP contribution in [0.25, 0.3) is 0 Å². The summed E-state index contributed by atoms with van der Waals surface area (Å²) in [5.41, 5.74) is 0. The third kappa shape index (κ3) is 6.99. The maximum absolute atomic E-state index is 6.21. The van der Waals surface area contributed by atoms with Gasteiger partial charge >= 0.3 is 0 Å². The molecule has 0 amide bonds. The van der Waals surface area contributed by atoms with Gasteiger partial charge in [-0.3, -0.25) is 0 Å². The zero-order chi connectivity index (χ0) is 22.7. The Morgan fingerprint density at radius 1 is 0.719 bits per heavy atom. The van der Waals surface area contributed by atoms with Gasteiger partial charge in [-0.1, -0.05) is 61.5 Å². The molecule has 0 radical (unpaired) electrons. The lowest BCUT2D eigenvalue weighted by Gasteiger charge is -2.35. The molecule has 2 atom stereocenters. The Morgan fingerprint density at radius 2 is 1.19 bits per heavy atom. The maximum Gasteiger partial charge on any atom is 0.233 e. The van der Waals surface area contributed by atoms with E-state index in [0.29, 0.717) is 24.5 Å². The smallest absolute Gasteiger partial charge is 0.233 e. The van der Waals surface area contributed by atoms with Crippen molar-refractivity contribution < 1.29 is 23.9 Å². The summed E-state index contributed by atoms with van der Waals surface area (Å²) in [5.74, 6) is 1.05. The number of para-hydroxylation sites is 3. The largest absolute Gasteiger partial charge is 0.460 e. The third-order valence-electron chi connectivity index (χ3n) is 4.71. The monoisotopic (exact) mass is 437 g/mol. The number of benzene rings is 3. The van der Waals surface area contributed by atoms with Gasteiger partial charge in [-0.2, -0.15) is 0 Å². The van der Waals surface area contributed by atoms with Crippen molar-refractivity contribution in [2.24, 2.45) is 0 Å². The van der Waals surface area contributed by atoms with E-state index in [1.54, 1.807) is 0 Å². The van der Waals surface area contributed by atoms with Crippen molar-refractivity contribution in [2.45, 2.75) is 39.2 Å². The molecule has 2 unspecified atom stereocenters. The molecule has 0 aromatic heterocycles. The number of hydrogen-bond acceptors (Lipinski definition) is 6. The zero-order valence-electron chi connectivity index (χ0n) is 18.8. The number of nitrogens with zero attached hydrogens (tertiary/aromatic N) is 1. The molecule has 0 aliphatic rings. The molecule has 32 heavy (non-hydrogen) atoms. The van der Waals surface area contributed by atoms with Crippen molar-refractivity contribution in [1.29, 1.82) is 0 Å². The standard InChI is InChI=1S/C26H31NO5/c1-4-26(29-5-2,30-23-15-9-6-10-16-23)21-28-22(3)27(31-24-17-11-7-12-18-24)32-25-19-13-8-14-20-25/h6-20,22H,4-5,21H2,1-3H3. The predicted octanol–water partition coefficient (Wildman–Crippen LogP) is 5.86. The first-order valence-electron chi connectivity index (χ1n) is 10.9. The fraction of sp³-hybridized carbons (Fsp3) is 0.308. The van der Waals surface area contributed by atoms with Crippen molar-refractivity contribution >= 4 is 0 Å². The van der Waals surface area contributed by atoms with E-state index in [9.17, 15) is 0 Å². The van der Waals surface area contributed by atoms with Gasteiger partial charge < -0.3 is 23.9 Å². The average molecular weight is 438 g/mol. The van der Waals surface area contributed by atoms with Crippen LogP contribution in [0.5, 0.6) is 17.2 Å². The Hall–Kier alpha value is -3.06. The van der Waals surface area contributed by atoms with Crippen LogP contribution in [0.15, 0.2) is 91.0 Å². The normalized spacial score (nSPS) is 13.9. The summed E-state index contributed by atoms with van der Waals surface area (Å²) in [5, 5.41) is 1.33. The molecule has 6 nitrogen and oxygen atoms in total. The third-order valence-corrected chi connectivity index (χ3v) is 4.71. The molecule has 170 valence electrons. The molecule has 3 aromatic carbocycles. The highest BCUT2D eigenvalue weighted by atomic mass is 17.0. The van der Waals surface area contributed by atoms with Gasteiger partial charge in [-0.15, -0.1) is 0 Å². The summed E-state index contributed by atoms with van der Waals surface area (Å²) in [4.78, 5) is 11.9. The zero-order valence-corrected chi connectivity index (χ0v) is 18.8. The fourth-order valence-electron chi connectivity index (χ4n) is 2.99. The topological polar surface area (TPSA) is 49.4 Å². The summed E-state index contributed by atoms with van der Waals surface area (Å²) < 4.78 is 18.4. The Bertz CT molecular complexity index is 852. The second-order valence-corrected chi connectivity index (χ2v) is 7.12. The second-order valence-electron chi connectivity index (χ2n) is 7.12. The first kappa shape index (κ1) is 23.6. The molecule has 0 aliphatic heterocycles. The molecule has 3 aromatic rings. The van der Waals surface area contributed by atoms with Crippen LogP contribution in [-0.2, 0) is 9.47 Å². The van der Waals surface area contributed by atoms with Gasteiger partial charge in [0, 0.05) is 13.0 Å². The highest BCUT2D eigenvalue weighted by molar-refractivity contribution is 5.23. The van der Waals surface area contributed by atoms with Crippen molar-refractivity contribution in [2.75, 3.05) is 13.2 Å². The van der Waals surface area contributed by atoms with Gasteiger partial charge in [-0.25, -0.2) is 0 Å². The van der Waals surface area contributed by atoms with E-state index in [1.165, 1.54) is 5.23 Å². The van der Waals surface area contributed by atoms with Crippen LogP contribution in [0.3, 0.4) is 0 Å². The first-order valence-corrected chi connectivity index (χ1v) is 10.9. The van der Waals surface area contributed by atoms with E-state index in [0.717, 1.165) is 5.75 Å².